The minimum atomic E-state index is -3.09. The van der Waals surface area contributed by atoms with E-state index in [1.807, 2.05) is 0 Å². The van der Waals surface area contributed by atoms with Crippen LogP contribution >= 0.6 is 0 Å². The van der Waals surface area contributed by atoms with Gasteiger partial charge in [0, 0.05) is 0 Å². The molecule has 9 N–H and O–H groups in total. The summed E-state index contributed by atoms with van der Waals surface area (Å²) < 4.78 is 9.61. The molecule has 2 saturated heterocycles. The molecule has 2 heterocycles. The lowest BCUT2D eigenvalue weighted by atomic mass is 9.64. The molecule has 2 aliphatic rings. The van der Waals surface area contributed by atoms with E-state index in [0.29, 0.717) is 0 Å². The van der Waals surface area contributed by atoms with Crippen molar-refractivity contribution in [3.63, 3.8) is 0 Å². The van der Waals surface area contributed by atoms with Gasteiger partial charge < -0.3 is 55.4 Å². The van der Waals surface area contributed by atoms with Gasteiger partial charge in [0.2, 0.25) is 0 Å². The molecular weight excluding hydrogens is 320 g/mol. The topological polar surface area (TPSA) is 201 Å². The van der Waals surface area contributed by atoms with Crippen molar-refractivity contribution in [3.05, 3.63) is 0 Å². The molecule has 0 amide bonds. The molecule has 2 fully saturated rings. The molecule has 0 aromatic carbocycles. The molecule has 11 heteroatoms. The van der Waals surface area contributed by atoms with E-state index < -0.39 is 73.9 Å². The first-order chi connectivity index (χ1) is 10.7. The summed E-state index contributed by atoms with van der Waals surface area (Å²) >= 11 is 0. The molecule has 23 heavy (non-hydrogen) atoms. The Balaban J connectivity index is 2.52. The summed E-state index contributed by atoms with van der Waals surface area (Å²) in [5.74, 6) is 0. The number of hydrogen-bond acceptors (Lipinski definition) is 11. The molecule has 136 valence electrons. The average Bonchev–Trinajstić information content (AvgIpc) is 2.54. The maximum atomic E-state index is 10.8. The average molecular weight is 342 g/mol. The van der Waals surface area contributed by atoms with Crippen LogP contribution in [0.15, 0.2) is 0 Å². The van der Waals surface area contributed by atoms with Crippen LogP contribution in [0.5, 0.6) is 0 Å². The molecule has 9 atom stereocenters. The second-order valence-electron chi connectivity index (χ2n) is 5.80. The van der Waals surface area contributed by atoms with Crippen LogP contribution < -0.4 is 0 Å². The largest absolute Gasteiger partial charge is 0.394 e. The molecular formula is C12H22O11. The Labute approximate surface area is 130 Å². The Hall–Kier alpha value is -0.440. The first kappa shape index (κ1) is 18.9. The summed E-state index contributed by atoms with van der Waals surface area (Å²) in [5.41, 5.74) is -6.08. The van der Waals surface area contributed by atoms with Crippen molar-refractivity contribution >= 4 is 0 Å². The Morgan fingerprint density at radius 3 is 1.83 bits per heavy atom. The van der Waals surface area contributed by atoms with Crippen LogP contribution in [-0.2, 0) is 9.47 Å². The zero-order valence-corrected chi connectivity index (χ0v) is 12.0. The number of hydrogen-bond donors (Lipinski definition) is 9. The van der Waals surface area contributed by atoms with Gasteiger partial charge in [-0.25, -0.2) is 0 Å². The first-order valence-corrected chi connectivity index (χ1v) is 7.00. The lowest BCUT2D eigenvalue weighted by molar-refractivity contribution is -0.395. The minimum absolute atomic E-state index is 0.638. The van der Waals surface area contributed by atoms with Crippen molar-refractivity contribution < 1.29 is 55.4 Å². The summed E-state index contributed by atoms with van der Waals surface area (Å²) in [5, 5.41) is 89.9. The van der Waals surface area contributed by atoms with Crippen molar-refractivity contribution in [3.8, 4) is 0 Å². The van der Waals surface area contributed by atoms with Gasteiger partial charge in [-0.05, 0) is 0 Å². The molecule has 0 unspecified atom stereocenters. The van der Waals surface area contributed by atoms with E-state index in [9.17, 15) is 35.7 Å². The highest BCUT2D eigenvalue weighted by Gasteiger charge is 2.72. The SMILES string of the molecule is OC[C@H]1O[C@H](O)[C@@H](O)[C@](O)([C@]2(O)[C@H](O)CO[C@H](CO)[C@H]2O)[C@@H]1O. The Morgan fingerprint density at radius 1 is 0.783 bits per heavy atom. The maximum absolute atomic E-state index is 10.8. The fourth-order valence-corrected chi connectivity index (χ4v) is 3.19. The molecule has 2 rings (SSSR count). The molecule has 0 spiro atoms. The van der Waals surface area contributed by atoms with Gasteiger partial charge in [0.05, 0.1) is 19.8 Å². The van der Waals surface area contributed by atoms with Gasteiger partial charge in [-0.1, -0.05) is 0 Å². The van der Waals surface area contributed by atoms with Crippen molar-refractivity contribution in [2.24, 2.45) is 0 Å². The van der Waals surface area contributed by atoms with Gasteiger partial charge in [0.1, 0.15) is 36.6 Å². The van der Waals surface area contributed by atoms with Crippen LogP contribution in [0, 0.1) is 0 Å². The molecule has 0 bridgehead atoms. The number of ether oxygens (including phenoxy) is 2. The molecule has 0 aliphatic carbocycles. The van der Waals surface area contributed by atoms with Crippen molar-refractivity contribution in [2.45, 2.75) is 54.1 Å². The summed E-state index contributed by atoms with van der Waals surface area (Å²) in [4.78, 5) is 0. The van der Waals surface area contributed by atoms with E-state index >= 15 is 0 Å². The molecule has 0 aromatic rings. The van der Waals surface area contributed by atoms with E-state index in [1.165, 1.54) is 0 Å². The third-order valence-electron chi connectivity index (χ3n) is 4.62. The highest BCUT2D eigenvalue weighted by Crippen LogP contribution is 2.44. The minimum Gasteiger partial charge on any atom is -0.394 e. The van der Waals surface area contributed by atoms with Crippen LogP contribution in [0.1, 0.15) is 0 Å². The monoisotopic (exact) mass is 342 g/mol. The highest BCUT2D eigenvalue weighted by atomic mass is 16.6. The summed E-state index contributed by atoms with van der Waals surface area (Å²) in [6, 6.07) is 0. The van der Waals surface area contributed by atoms with E-state index in [-0.39, 0.29) is 0 Å². The zero-order valence-electron chi connectivity index (χ0n) is 12.0. The van der Waals surface area contributed by atoms with E-state index in [0.717, 1.165) is 0 Å². The predicted molar refractivity (Wildman–Crippen MR) is 68.7 cm³/mol. The van der Waals surface area contributed by atoms with Crippen LogP contribution in [0.25, 0.3) is 0 Å². The van der Waals surface area contributed by atoms with Gasteiger partial charge in [-0.3, -0.25) is 0 Å². The van der Waals surface area contributed by atoms with Gasteiger partial charge in [0.25, 0.3) is 0 Å². The number of aliphatic hydroxyl groups is 9. The normalized spacial score (nSPS) is 54.9. The van der Waals surface area contributed by atoms with Gasteiger partial charge in [0.15, 0.2) is 17.5 Å². The second kappa shape index (κ2) is 6.46. The fraction of sp³-hybridized carbons (Fsp3) is 1.00. The summed E-state index contributed by atoms with van der Waals surface area (Å²) in [6.07, 6.45) is -13.8. The standard InChI is InChI=1S/C12H22O11/c13-1-4-7(16)11(20,6(15)3-22-4)12(21)8(17)5(2-14)23-10(19)9(12)18/h4-10,13-21H,1-3H2/t4-,5-,6-,7-,8-,9-,10+,11+,12+/m1/s1. The van der Waals surface area contributed by atoms with Crippen molar-refractivity contribution in [1.29, 1.82) is 0 Å². The smallest absolute Gasteiger partial charge is 0.184 e. The molecule has 0 aromatic heterocycles. The Kier molecular flexibility index (Phi) is 5.31. The van der Waals surface area contributed by atoms with Crippen molar-refractivity contribution in [2.75, 3.05) is 19.8 Å². The van der Waals surface area contributed by atoms with Crippen LogP contribution in [-0.4, -0.2) is 120 Å². The lowest BCUT2D eigenvalue weighted by Gasteiger charge is -2.58. The third kappa shape index (κ3) is 2.49. The van der Waals surface area contributed by atoms with Gasteiger partial charge in [-0.15, -0.1) is 0 Å². The predicted octanol–water partition coefficient (Wildman–Crippen LogP) is -6.01. The molecule has 0 saturated carbocycles. The van der Waals surface area contributed by atoms with Crippen molar-refractivity contribution in [1.82, 2.24) is 0 Å². The number of aliphatic hydroxyl groups excluding tert-OH is 7. The van der Waals surface area contributed by atoms with E-state index in [1.54, 1.807) is 0 Å². The summed E-state index contributed by atoms with van der Waals surface area (Å²) in [6.45, 7) is -2.32. The summed E-state index contributed by atoms with van der Waals surface area (Å²) in [7, 11) is 0. The first-order valence-electron chi connectivity index (χ1n) is 7.00. The molecule has 11 nitrogen and oxygen atoms in total. The van der Waals surface area contributed by atoms with Crippen LogP contribution in [0.3, 0.4) is 0 Å². The molecule has 2 aliphatic heterocycles. The zero-order chi connectivity index (χ0) is 17.6. The molecule has 0 radical (unpaired) electrons. The van der Waals surface area contributed by atoms with E-state index in [4.69, 9.17) is 19.7 Å². The quantitative estimate of drug-likeness (QED) is 0.236. The van der Waals surface area contributed by atoms with Gasteiger partial charge >= 0.3 is 0 Å². The third-order valence-corrected chi connectivity index (χ3v) is 4.62. The second-order valence-corrected chi connectivity index (χ2v) is 5.80. The Bertz CT molecular complexity index is 422. The lowest BCUT2D eigenvalue weighted by Crippen LogP contribution is -2.84. The highest BCUT2D eigenvalue weighted by molar-refractivity contribution is 5.20. The van der Waals surface area contributed by atoms with Crippen LogP contribution in [0.2, 0.25) is 0 Å². The van der Waals surface area contributed by atoms with E-state index in [2.05, 4.69) is 0 Å². The number of rotatable bonds is 3. The fourth-order valence-electron chi connectivity index (χ4n) is 3.19. The van der Waals surface area contributed by atoms with Gasteiger partial charge in [-0.2, -0.15) is 0 Å². The van der Waals surface area contributed by atoms with Crippen LogP contribution in [0.4, 0.5) is 0 Å². The Morgan fingerprint density at radius 2 is 1.30 bits per heavy atom. The maximum Gasteiger partial charge on any atom is 0.184 e.